The lowest BCUT2D eigenvalue weighted by Gasteiger charge is -2.16. The molecular weight excluding hydrogens is 542 g/mol. The standard InChI is InChI=1S/C28H24BrNO3S2/c1-4-6-21-14-20(15-24(32-3)26(21)33-17-19-9-11-22(29)12-10-19)16-25-27(31)30(28(34)35-25)23-8-5-7-18(2)13-23/h4-5,7-16H,1,6,17H2,2-3H3/b25-16+. The zero-order chi connectivity index (χ0) is 24.9. The maximum Gasteiger partial charge on any atom is 0.270 e. The second-order valence-corrected chi connectivity index (χ2v) is 10.6. The molecule has 1 amide bonds. The highest BCUT2D eigenvalue weighted by Crippen LogP contribution is 2.39. The number of ether oxygens (including phenoxy) is 2. The third-order valence-electron chi connectivity index (χ3n) is 5.39. The Kier molecular flexibility index (Phi) is 8.11. The quantitative estimate of drug-likeness (QED) is 0.161. The van der Waals surface area contributed by atoms with Crippen LogP contribution < -0.4 is 14.4 Å². The predicted molar refractivity (Wildman–Crippen MR) is 152 cm³/mol. The molecule has 7 heteroatoms. The minimum Gasteiger partial charge on any atom is -0.493 e. The van der Waals surface area contributed by atoms with Gasteiger partial charge in [0.25, 0.3) is 5.91 Å². The van der Waals surface area contributed by atoms with Gasteiger partial charge in [-0.1, -0.05) is 70.3 Å². The van der Waals surface area contributed by atoms with Crippen molar-refractivity contribution in [3.05, 3.63) is 105 Å². The van der Waals surface area contributed by atoms with Crippen LogP contribution in [-0.4, -0.2) is 17.3 Å². The van der Waals surface area contributed by atoms with Gasteiger partial charge in [0, 0.05) is 10.0 Å². The van der Waals surface area contributed by atoms with Gasteiger partial charge in [0.05, 0.1) is 17.7 Å². The molecule has 3 aromatic rings. The fourth-order valence-electron chi connectivity index (χ4n) is 3.73. The summed E-state index contributed by atoms with van der Waals surface area (Å²) in [5, 5.41) is 0. The minimum atomic E-state index is -0.134. The molecule has 0 aromatic heterocycles. The summed E-state index contributed by atoms with van der Waals surface area (Å²) >= 11 is 10.3. The van der Waals surface area contributed by atoms with E-state index in [1.807, 2.05) is 79.7 Å². The van der Waals surface area contributed by atoms with Crippen LogP contribution in [0.25, 0.3) is 6.08 Å². The van der Waals surface area contributed by atoms with Gasteiger partial charge in [-0.05, 0) is 72.5 Å². The smallest absolute Gasteiger partial charge is 0.270 e. The second kappa shape index (κ2) is 11.2. The number of hydrogen-bond donors (Lipinski definition) is 0. The SMILES string of the molecule is C=CCc1cc(/C=C2/SC(=S)N(c3cccc(C)c3)C2=O)cc(OC)c1OCc1ccc(Br)cc1. The number of aryl methyl sites for hydroxylation is 1. The van der Waals surface area contributed by atoms with Gasteiger partial charge >= 0.3 is 0 Å². The number of hydrogen-bond acceptors (Lipinski definition) is 5. The minimum absolute atomic E-state index is 0.134. The molecule has 1 aliphatic rings. The van der Waals surface area contributed by atoms with Gasteiger partial charge in [-0.25, -0.2) is 0 Å². The van der Waals surface area contributed by atoms with Crippen molar-refractivity contribution in [1.29, 1.82) is 0 Å². The first kappa shape index (κ1) is 25.2. The number of thioether (sulfide) groups is 1. The highest BCUT2D eigenvalue weighted by atomic mass is 79.9. The van der Waals surface area contributed by atoms with Gasteiger partial charge in [0.15, 0.2) is 15.8 Å². The molecule has 0 bridgehead atoms. The van der Waals surface area contributed by atoms with Gasteiger partial charge in [-0.2, -0.15) is 0 Å². The Bertz CT molecular complexity index is 1320. The van der Waals surface area contributed by atoms with E-state index in [0.717, 1.165) is 32.4 Å². The zero-order valence-electron chi connectivity index (χ0n) is 19.4. The fourth-order valence-corrected chi connectivity index (χ4v) is 5.30. The molecule has 1 aliphatic heterocycles. The molecule has 1 heterocycles. The molecule has 4 nitrogen and oxygen atoms in total. The maximum absolute atomic E-state index is 13.2. The van der Waals surface area contributed by atoms with Gasteiger partial charge in [0.1, 0.15) is 6.61 Å². The molecule has 0 atom stereocenters. The average Bonchev–Trinajstić information content (AvgIpc) is 3.11. The van der Waals surface area contributed by atoms with Crippen molar-refractivity contribution in [2.75, 3.05) is 12.0 Å². The number of halogens is 1. The van der Waals surface area contributed by atoms with E-state index >= 15 is 0 Å². The van der Waals surface area contributed by atoms with Gasteiger partial charge in [-0.3, -0.25) is 9.69 Å². The third-order valence-corrected chi connectivity index (χ3v) is 7.22. The Balaban J connectivity index is 1.64. The monoisotopic (exact) mass is 565 g/mol. The molecule has 0 N–H and O–H groups in total. The summed E-state index contributed by atoms with van der Waals surface area (Å²) in [6.07, 6.45) is 4.27. The Morgan fingerprint density at radius 1 is 1.14 bits per heavy atom. The molecule has 0 radical (unpaired) electrons. The van der Waals surface area contributed by atoms with Crippen LogP contribution in [0.4, 0.5) is 5.69 Å². The van der Waals surface area contributed by atoms with E-state index in [4.69, 9.17) is 21.7 Å². The summed E-state index contributed by atoms with van der Waals surface area (Å²) in [6, 6.07) is 19.6. The highest BCUT2D eigenvalue weighted by Gasteiger charge is 2.33. The number of carbonyl (C=O) groups is 1. The van der Waals surface area contributed by atoms with Crippen molar-refractivity contribution in [2.24, 2.45) is 0 Å². The summed E-state index contributed by atoms with van der Waals surface area (Å²) in [5.74, 6) is 1.13. The second-order valence-electron chi connectivity index (χ2n) is 7.98. The normalized spacial score (nSPS) is 14.5. The van der Waals surface area contributed by atoms with Gasteiger partial charge < -0.3 is 9.47 Å². The van der Waals surface area contributed by atoms with E-state index in [9.17, 15) is 4.79 Å². The zero-order valence-corrected chi connectivity index (χ0v) is 22.6. The number of benzene rings is 3. The van der Waals surface area contributed by atoms with Crippen LogP contribution in [0.15, 0.2) is 82.7 Å². The molecule has 178 valence electrons. The number of allylic oxidation sites excluding steroid dienone is 1. The summed E-state index contributed by atoms with van der Waals surface area (Å²) in [4.78, 5) is 15.4. The first-order valence-corrected chi connectivity index (χ1v) is 12.9. The largest absolute Gasteiger partial charge is 0.493 e. The molecule has 0 spiro atoms. The van der Waals surface area contributed by atoms with Crippen LogP contribution >= 0.6 is 39.9 Å². The van der Waals surface area contributed by atoms with Crippen molar-refractivity contribution in [2.45, 2.75) is 20.0 Å². The van der Waals surface area contributed by atoms with E-state index in [0.29, 0.717) is 33.8 Å². The van der Waals surface area contributed by atoms with E-state index in [1.54, 1.807) is 12.0 Å². The first-order chi connectivity index (χ1) is 16.9. The Morgan fingerprint density at radius 3 is 2.60 bits per heavy atom. The van der Waals surface area contributed by atoms with Crippen LogP contribution in [0.5, 0.6) is 11.5 Å². The van der Waals surface area contributed by atoms with Crippen LogP contribution in [0.3, 0.4) is 0 Å². The van der Waals surface area contributed by atoms with Crippen LogP contribution in [0.2, 0.25) is 0 Å². The van der Waals surface area contributed by atoms with E-state index < -0.39 is 0 Å². The Morgan fingerprint density at radius 2 is 1.91 bits per heavy atom. The molecule has 0 unspecified atom stereocenters. The molecular formula is C28H24BrNO3S2. The lowest BCUT2D eigenvalue weighted by Crippen LogP contribution is -2.27. The Hall–Kier alpha value is -2.87. The van der Waals surface area contributed by atoms with E-state index in [1.165, 1.54) is 11.8 Å². The van der Waals surface area contributed by atoms with Crippen LogP contribution in [-0.2, 0) is 17.8 Å². The molecule has 3 aromatic carbocycles. The fraction of sp³-hybridized carbons (Fsp3) is 0.143. The molecule has 4 rings (SSSR count). The number of methoxy groups -OCH3 is 1. The number of amides is 1. The van der Waals surface area contributed by atoms with Crippen molar-refractivity contribution in [3.63, 3.8) is 0 Å². The summed E-state index contributed by atoms with van der Waals surface area (Å²) < 4.78 is 13.4. The number of rotatable bonds is 8. The number of anilines is 1. The third kappa shape index (κ3) is 5.86. The summed E-state index contributed by atoms with van der Waals surface area (Å²) in [6.45, 7) is 6.28. The van der Waals surface area contributed by atoms with Gasteiger partial charge in [-0.15, -0.1) is 6.58 Å². The average molecular weight is 567 g/mol. The number of nitrogens with zero attached hydrogens (tertiary/aromatic N) is 1. The van der Waals surface area contributed by atoms with E-state index in [2.05, 4.69) is 22.5 Å². The molecule has 35 heavy (non-hydrogen) atoms. The topological polar surface area (TPSA) is 38.8 Å². The highest BCUT2D eigenvalue weighted by molar-refractivity contribution is 9.10. The Labute approximate surface area is 223 Å². The van der Waals surface area contributed by atoms with Crippen molar-refractivity contribution < 1.29 is 14.3 Å². The lowest BCUT2D eigenvalue weighted by atomic mass is 10.0. The maximum atomic E-state index is 13.2. The first-order valence-electron chi connectivity index (χ1n) is 10.9. The molecule has 1 fully saturated rings. The number of thiocarbonyl (C=S) groups is 1. The number of carbonyl (C=O) groups excluding carboxylic acids is 1. The van der Waals surface area contributed by atoms with Crippen molar-refractivity contribution in [3.8, 4) is 11.5 Å². The predicted octanol–water partition coefficient (Wildman–Crippen LogP) is 7.48. The van der Waals surface area contributed by atoms with Crippen molar-refractivity contribution in [1.82, 2.24) is 0 Å². The summed E-state index contributed by atoms with van der Waals surface area (Å²) in [7, 11) is 1.61. The molecule has 0 aliphatic carbocycles. The van der Waals surface area contributed by atoms with E-state index in [-0.39, 0.29) is 5.91 Å². The molecule has 0 saturated carbocycles. The van der Waals surface area contributed by atoms with Crippen LogP contribution in [0.1, 0.15) is 22.3 Å². The van der Waals surface area contributed by atoms with Crippen molar-refractivity contribution >= 4 is 61.9 Å². The summed E-state index contributed by atoms with van der Waals surface area (Å²) in [5.41, 5.74) is 4.65. The van der Waals surface area contributed by atoms with Gasteiger partial charge in [0.2, 0.25) is 0 Å². The lowest BCUT2D eigenvalue weighted by molar-refractivity contribution is -0.113. The van der Waals surface area contributed by atoms with Crippen LogP contribution in [0, 0.1) is 6.92 Å². The molecule has 1 saturated heterocycles.